The molecule has 1 saturated heterocycles. The van der Waals surface area contributed by atoms with Crippen LogP contribution < -0.4 is 0 Å². The lowest BCUT2D eigenvalue weighted by atomic mass is 9.72. The van der Waals surface area contributed by atoms with Gasteiger partial charge < -0.3 is 9.47 Å². The van der Waals surface area contributed by atoms with E-state index in [2.05, 4.69) is 0 Å². The number of carbonyl (C=O) groups excluding carboxylic acids is 2. The highest BCUT2D eigenvalue weighted by Gasteiger charge is 2.48. The van der Waals surface area contributed by atoms with Crippen molar-refractivity contribution in [3.63, 3.8) is 0 Å². The molecule has 4 heteroatoms. The molecule has 2 rings (SSSR count). The zero-order chi connectivity index (χ0) is 11.0. The summed E-state index contributed by atoms with van der Waals surface area (Å²) in [5.41, 5.74) is 0. The first-order valence-corrected chi connectivity index (χ1v) is 5.08. The first-order chi connectivity index (χ1) is 7.15. The molecule has 15 heavy (non-hydrogen) atoms. The molecule has 82 valence electrons. The summed E-state index contributed by atoms with van der Waals surface area (Å²) < 4.78 is 9.71. The third-order valence-electron chi connectivity index (χ3n) is 3.24. The molecule has 0 radical (unpaired) electrons. The van der Waals surface area contributed by atoms with Crippen LogP contribution in [0.1, 0.15) is 6.92 Å². The van der Waals surface area contributed by atoms with E-state index in [9.17, 15) is 9.59 Å². The van der Waals surface area contributed by atoms with Gasteiger partial charge in [-0.2, -0.15) is 0 Å². The molecule has 0 N–H and O–H groups in total. The average Bonchev–Trinajstić information content (AvgIpc) is 2.60. The summed E-state index contributed by atoms with van der Waals surface area (Å²) >= 11 is 0. The lowest BCUT2D eigenvalue weighted by Gasteiger charge is -2.29. The smallest absolute Gasteiger partial charge is 0.310 e. The van der Waals surface area contributed by atoms with Crippen molar-refractivity contribution in [3.05, 3.63) is 12.2 Å². The summed E-state index contributed by atoms with van der Waals surface area (Å²) in [5, 5.41) is 0. The Labute approximate surface area is 88.2 Å². The number of fused-ring (bicyclic) bond motifs is 1. The standard InChI is InChI=1S/C11H14O4/c1-6-3-4-7-5-15-11(13)9(7)8(6)10(12)14-2/h3-4,6-9H,5H2,1-2H3/t6-,7-,8-,9-/m1/s1. The maximum absolute atomic E-state index is 11.6. The van der Waals surface area contributed by atoms with Crippen molar-refractivity contribution < 1.29 is 19.1 Å². The van der Waals surface area contributed by atoms with Crippen LogP contribution in [0.2, 0.25) is 0 Å². The second kappa shape index (κ2) is 3.68. The Kier molecular flexibility index (Phi) is 2.50. The van der Waals surface area contributed by atoms with Gasteiger partial charge in [-0.05, 0) is 5.92 Å². The summed E-state index contributed by atoms with van der Waals surface area (Å²) in [6.45, 7) is 2.31. The molecule has 1 aliphatic heterocycles. The van der Waals surface area contributed by atoms with E-state index in [0.29, 0.717) is 6.61 Å². The molecule has 1 fully saturated rings. The number of rotatable bonds is 1. The number of methoxy groups -OCH3 is 1. The fraction of sp³-hybridized carbons (Fsp3) is 0.636. The molecule has 0 saturated carbocycles. The molecular formula is C11H14O4. The summed E-state index contributed by atoms with van der Waals surface area (Å²) in [6, 6.07) is 0. The summed E-state index contributed by atoms with van der Waals surface area (Å²) in [4.78, 5) is 23.1. The van der Waals surface area contributed by atoms with Crippen molar-refractivity contribution in [2.24, 2.45) is 23.7 Å². The van der Waals surface area contributed by atoms with E-state index >= 15 is 0 Å². The predicted molar refractivity (Wildman–Crippen MR) is 51.7 cm³/mol. The van der Waals surface area contributed by atoms with Crippen LogP contribution in [-0.4, -0.2) is 25.7 Å². The van der Waals surface area contributed by atoms with Gasteiger partial charge in [0.1, 0.15) is 0 Å². The van der Waals surface area contributed by atoms with Crippen LogP contribution >= 0.6 is 0 Å². The SMILES string of the molecule is COC(=O)[C@H]1[C@@H]2C(=O)OC[C@H]2C=C[C@H]1C. The van der Waals surface area contributed by atoms with Crippen LogP contribution in [0.25, 0.3) is 0 Å². The Hall–Kier alpha value is -1.32. The molecule has 4 nitrogen and oxygen atoms in total. The largest absolute Gasteiger partial charge is 0.469 e. The van der Waals surface area contributed by atoms with Crippen molar-refractivity contribution in [1.82, 2.24) is 0 Å². The van der Waals surface area contributed by atoms with Crippen molar-refractivity contribution >= 4 is 11.9 Å². The van der Waals surface area contributed by atoms with Gasteiger partial charge >= 0.3 is 11.9 Å². The third-order valence-corrected chi connectivity index (χ3v) is 3.24. The fourth-order valence-corrected chi connectivity index (χ4v) is 2.40. The minimum atomic E-state index is -0.389. The predicted octanol–water partition coefficient (Wildman–Crippen LogP) is 0.771. The van der Waals surface area contributed by atoms with E-state index in [0.717, 1.165) is 0 Å². The number of hydrogen-bond acceptors (Lipinski definition) is 4. The number of hydrogen-bond donors (Lipinski definition) is 0. The summed E-state index contributed by atoms with van der Waals surface area (Å²) in [6.07, 6.45) is 3.93. The van der Waals surface area contributed by atoms with Gasteiger partial charge in [-0.25, -0.2) is 0 Å². The Bertz CT molecular complexity index is 321. The number of ether oxygens (including phenoxy) is 2. The highest BCUT2D eigenvalue weighted by molar-refractivity contribution is 5.84. The normalized spacial score (nSPS) is 38.4. The maximum Gasteiger partial charge on any atom is 0.310 e. The van der Waals surface area contributed by atoms with Crippen molar-refractivity contribution in [2.75, 3.05) is 13.7 Å². The molecule has 2 aliphatic rings. The summed E-state index contributed by atoms with van der Waals surface area (Å²) in [7, 11) is 1.35. The van der Waals surface area contributed by atoms with E-state index in [1.165, 1.54) is 7.11 Å². The van der Waals surface area contributed by atoms with Gasteiger partial charge in [-0.3, -0.25) is 9.59 Å². The van der Waals surface area contributed by atoms with Gasteiger partial charge in [0, 0.05) is 5.92 Å². The van der Waals surface area contributed by atoms with E-state index in [4.69, 9.17) is 9.47 Å². The average molecular weight is 210 g/mol. The number of esters is 2. The van der Waals surface area contributed by atoms with Crippen LogP contribution in [0.3, 0.4) is 0 Å². The molecule has 0 aromatic heterocycles. The van der Waals surface area contributed by atoms with Gasteiger partial charge in [0.2, 0.25) is 0 Å². The second-order valence-corrected chi connectivity index (χ2v) is 4.11. The quantitative estimate of drug-likeness (QED) is 0.474. The van der Waals surface area contributed by atoms with E-state index < -0.39 is 0 Å². The molecular weight excluding hydrogens is 196 g/mol. The van der Waals surface area contributed by atoms with Gasteiger partial charge in [0.15, 0.2) is 0 Å². The highest BCUT2D eigenvalue weighted by atomic mass is 16.5. The zero-order valence-electron chi connectivity index (χ0n) is 8.80. The molecule has 0 aromatic carbocycles. The van der Waals surface area contributed by atoms with E-state index in [1.54, 1.807) is 0 Å². The maximum atomic E-state index is 11.6. The Morgan fingerprint density at radius 2 is 2.27 bits per heavy atom. The third kappa shape index (κ3) is 1.54. The van der Waals surface area contributed by atoms with Crippen LogP contribution in [0.4, 0.5) is 0 Å². The zero-order valence-corrected chi connectivity index (χ0v) is 8.80. The molecule has 0 amide bonds. The van der Waals surface area contributed by atoms with Crippen LogP contribution in [0.5, 0.6) is 0 Å². The van der Waals surface area contributed by atoms with Gasteiger partial charge in [-0.1, -0.05) is 19.1 Å². The minimum absolute atomic E-state index is 0.0318. The Morgan fingerprint density at radius 1 is 1.53 bits per heavy atom. The molecule has 0 unspecified atom stereocenters. The second-order valence-electron chi connectivity index (χ2n) is 4.11. The number of cyclic esters (lactones) is 1. The lowest BCUT2D eigenvalue weighted by molar-refractivity contribution is -0.155. The molecule has 0 aromatic rings. The van der Waals surface area contributed by atoms with Gasteiger partial charge in [0.05, 0.1) is 25.6 Å². The van der Waals surface area contributed by atoms with E-state index in [-0.39, 0.29) is 35.6 Å². The molecule has 0 bridgehead atoms. The molecule has 0 spiro atoms. The minimum Gasteiger partial charge on any atom is -0.469 e. The lowest BCUT2D eigenvalue weighted by Crippen LogP contribution is -2.38. The molecule has 4 atom stereocenters. The Morgan fingerprint density at radius 3 is 2.93 bits per heavy atom. The van der Waals surface area contributed by atoms with Crippen molar-refractivity contribution in [1.29, 1.82) is 0 Å². The van der Waals surface area contributed by atoms with E-state index in [1.807, 2.05) is 19.1 Å². The topological polar surface area (TPSA) is 52.6 Å². The molecule has 1 heterocycles. The van der Waals surface area contributed by atoms with Crippen LogP contribution in [0.15, 0.2) is 12.2 Å². The molecule has 1 aliphatic carbocycles. The monoisotopic (exact) mass is 210 g/mol. The van der Waals surface area contributed by atoms with Gasteiger partial charge in [-0.15, -0.1) is 0 Å². The van der Waals surface area contributed by atoms with Crippen molar-refractivity contribution in [3.8, 4) is 0 Å². The van der Waals surface area contributed by atoms with Gasteiger partial charge in [0.25, 0.3) is 0 Å². The summed E-state index contributed by atoms with van der Waals surface area (Å²) in [5.74, 6) is -1.26. The first-order valence-electron chi connectivity index (χ1n) is 5.08. The Balaban J connectivity index is 2.30. The van der Waals surface area contributed by atoms with Crippen LogP contribution in [0, 0.1) is 23.7 Å². The number of allylic oxidation sites excluding steroid dienone is 1. The van der Waals surface area contributed by atoms with Crippen LogP contribution in [-0.2, 0) is 19.1 Å². The highest BCUT2D eigenvalue weighted by Crippen LogP contribution is 2.39. The fourth-order valence-electron chi connectivity index (χ4n) is 2.40. The first kappa shape index (κ1) is 10.2. The number of carbonyl (C=O) groups is 2. The van der Waals surface area contributed by atoms with Crippen molar-refractivity contribution in [2.45, 2.75) is 6.92 Å².